The molecule has 0 aliphatic heterocycles. The van der Waals surface area contributed by atoms with Gasteiger partial charge in [0.05, 0.1) is 17.2 Å². The smallest absolute Gasteiger partial charge is 0.417 e. The number of halogens is 4. The van der Waals surface area contributed by atoms with Gasteiger partial charge in [-0.3, -0.25) is 0 Å². The Balaban J connectivity index is 2.04. The minimum atomic E-state index is -4.65. The number of nitrogens with zero attached hydrogens (tertiary/aromatic N) is 4. The van der Waals surface area contributed by atoms with E-state index >= 15 is 0 Å². The minimum absolute atomic E-state index is 0.0181. The van der Waals surface area contributed by atoms with E-state index < -0.39 is 17.3 Å². The van der Waals surface area contributed by atoms with Gasteiger partial charge in [-0.2, -0.15) is 18.4 Å². The first-order valence-electron chi connectivity index (χ1n) is 8.49. The molecule has 9 heteroatoms. The molecule has 150 valence electrons. The van der Waals surface area contributed by atoms with Crippen LogP contribution in [-0.2, 0) is 18.8 Å². The van der Waals surface area contributed by atoms with E-state index in [1.54, 1.807) is 51.2 Å². The van der Waals surface area contributed by atoms with Crippen LogP contribution in [-0.4, -0.2) is 14.8 Å². The normalized spacial score (nSPS) is 11.9. The second-order valence-electron chi connectivity index (χ2n) is 6.84. The molecule has 0 saturated carbocycles. The molecule has 0 aliphatic carbocycles. The fraction of sp³-hybridized carbons (Fsp3) is 0.250. The molecule has 0 bridgehead atoms. The van der Waals surface area contributed by atoms with Crippen molar-refractivity contribution in [3.63, 3.8) is 0 Å². The van der Waals surface area contributed by atoms with E-state index in [1.807, 2.05) is 0 Å². The van der Waals surface area contributed by atoms with Gasteiger partial charge in [0.2, 0.25) is 0 Å². The summed E-state index contributed by atoms with van der Waals surface area (Å²) in [6.45, 7) is 3.47. The average molecular weight is 421 g/mol. The number of ether oxygens (including phenoxy) is 1. The lowest BCUT2D eigenvalue weighted by Gasteiger charge is -2.25. The molecule has 0 N–H and O–H groups in total. The molecular formula is C20H16ClF3N4O. The van der Waals surface area contributed by atoms with Crippen LogP contribution in [0, 0.1) is 11.3 Å². The van der Waals surface area contributed by atoms with Gasteiger partial charge in [-0.15, -0.1) is 10.2 Å². The van der Waals surface area contributed by atoms with Crippen LogP contribution < -0.4 is 4.74 Å². The van der Waals surface area contributed by atoms with Crippen molar-refractivity contribution in [1.82, 2.24) is 14.8 Å². The van der Waals surface area contributed by atoms with E-state index in [4.69, 9.17) is 21.6 Å². The number of rotatable bonds is 4. The first-order valence-corrected chi connectivity index (χ1v) is 8.87. The highest BCUT2D eigenvalue weighted by Crippen LogP contribution is 2.38. The first kappa shape index (κ1) is 20.7. The second kappa shape index (κ2) is 7.41. The first-order chi connectivity index (χ1) is 13.5. The lowest BCUT2D eigenvalue weighted by atomic mass is 10.0. The molecule has 0 spiro atoms. The Labute approximate surface area is 170 Å². The molecule has 29 heavy (non-hydrogen) atoms. The summed E-state index contributed by atoms with van der Waals surface area (Å²) in [5, 5.41) is 17.5. The zero-order chi connectivity index (χ0) is 21.4. The summed E-state index contributed by atoms with van der Waals surface area (Å²) < 4.78 is 48.0. The summed E-state index contributed by atoms with van der Waals surface area (Å²) >= 11 is 5.88. The average Bonchev–Trinajstić information content (AvgIpc) is 3.04. The van der Waals surface area contributed by atoms with Crippen molar-refractivity contribution < 1.29 is 17.9 Å². The number of nitriles is 1. The summed E-state index contributed by atoms with van der Waals surface area (Å²) in [6.07, 6.45) is -4.65. The molecule has 2 aromatic carbocycles. The second-order valence-corrected chi connectivity index (χ2v) is 7.28. The third-order valence-electron chi connectivity index (χ3n) is 4.29. The molecule has 3 aromatic rings. The molecule has 3 rings (SSSR count). The summed E-state index contributed by atoms with van der Waals surface area (Å²) in [4.78, 5) is 0. The number of benzene rings is 2. The van der Waals surface area contributed by atoms with E-state index in [1.165, 1.54) is 16.7 Å². The van der Waals surface area contributed by atoms with Gasteiger partial charge in [-0.25, -0.2) is 0 Å². The molecule has 0 amide bonds. The Bertz CT molecular complexity index is 1080. The Kier molecular flexibility index (Phi) is 5.28. The van der Waals surface area contributed by atoms with Gasteiger partial charge in [0.25, 0.3) is 0 Å². The maximum Gasteiger partial charge on any atom is 0.417 e. The molecule has 0 unspecified atom stereocenters. The quantitative estimate of drug-likeness (QED) is 0.571. The van der Waals surface area contributed by atoms with Gasteiger partial charge in [-0.1, -0.05) is 11.6 Å². The molecule has 1 aromatic heterocycles. The molecule has 0 aliphatic rings. The molecule has 0 radical (unpaired) electrons. The SMILES string of the molecule is Cn1c(-c2ccc(C#N)cc2C(F)(F)F)nnc1C(C)(C)Oc1ccc(Cl)cc1. The van der Waals surface area contributed by atoms with Crippen molar-refractivity contribution in [3.8, 4) is 23.2 Å². The molecule has 0 atom stereocenters. The highest BCUT2D eigenvalue weighted by Gasteiger charge is 2.37. The lowest BCUT2D eigenvalue weighted by Crippen LogP contribution is -2.29. The Morgan fingerprint density at radius 3 is 2.31 bits per heavy atom. The van der Waals surface area contributed by atoms with Crippen LogP contribution in [0.2, 0.25) is 5.02 Å². The van der Waals surface area contributed by atoms with Crippen molar-refractivity contribution in [2.24, 2.45) is 7.05 Å². The maximum absolute atomic E-state index is 13.5. The van der Waals surface area contributed by atoms with Crippen molar-refractivity contribution in [1.29, 1.82) is 5.26 Å². The van der Waals surface area contributed by atoms with Gasteiger partial charge in [0, 0.05) is 17.6 Å². The van der Waals surface area contributed by atoms with Gasteiger partial charge >= 0.3 is 6.18 Å². The van der Waals surface area contributed by atoms with E-state index in [2.05, 4.69) is 10.2 Å². The minimum Gasteiger partial charge on any atom is -0.480 e. The third kappa shape index (κ3) is 4.20. The van der Waals surface area contributed by atoms with Crippen LogP contribution in [0.15, 0.2) is 42.5 Å². The number of alkyl halides is 3. The van der Waals surface area contributed by atoms with Crippen LogP contribution in [0.3, 0.4) is 0 Å². The number of aromatic nitrogens is 3. The predicted octanol–water partition coefficient (Wildman–Crippen LogP) is 5.34. The van der Waals surface area contributed by atoms with Gasteiger partial charge < -0.3 is 9.30 Å². The topological polar surface area (TPSA) is 63.7 Å². The lowest BCUT2D eigenvalue weighted by molar-refractivity contribution is -0.137. The fourth-order valence-electron chi connectivity index (χ4n) is 2.97. The van der Waals surface area contributed by atoms with Crippen molar-refractivity contribution in [2.45, 2.75) is 25.6 Å². The van der Waals surface area contributed by atoms with Crippen LogP contribution >= 0.6 is 11.6 Å². The highest BCUT2D eigenvalue weighted by atomic mass is 35.5. The van der Waals surface area contributed by atoms with E-state index in [0.29, 0.717) is 16.6 Å². The van der Waals surface area contributed by atoms with E-state index in [0.717, 1.165) is 6.07 Å². The zero-order valence-corrected chi connectivity index (χ0v) is 16.5. The van der Waals surface area contributed by atoms with E-state index in [-0.39, 0.29) is 17.0 Å². The van der Waals surface area contributed by atoms with Crippen LogP contribution in [0.5, 0.6) is 5.75 Å². The molecule has 0 saturated heterocycles. The summed E-state index contributed by atoms with van der Waals surface area (Å²) in [6, 6.07) is 11.8. The summed E-state index contributed by atoms with van der Waals surface area (Å²) in [5.74, 6) is 0.878. The Hall–Kier alpha value is -3.05. The van der Waals surface area contributed by atoms with Crippen molar-refractivity contribution >= 4 is 11.6 Å². The summed E-state index contributed by atoms with van der Waals surface area (Å²) in [7, 11) is 1.57. The number of hydrogen-bond donors (Lipinski definition) is 0. The van der Waals surface area contributed by atoms with Crippen LogP contribution in [0.4, 0.5) is 13.2 Å². The predicted molar refractivity (Wildman–Crippen MR) is 101 cm³/mol. The Morgan fingerprint density at radius 1 is 1.07 bits per heavy atom. The van der Waals surface area contributed by atoms with E-state index in [9.17, 15) is 13.2 Å². The highest BCUT2D eigenvalue weighted by molar-refractivity contribution is 6.30. The van der Waals surface area contributed by atoms with Crippen molar-refractivity contribution in [2.75, 3.05) is 0 Å². The molecular weight excluding hydrogens is 405 g/mol. The van der Waals surface area contributed by atoms with Crippen LogP contribution in [0.1, 0.15) is 30.8 Å². The Morgan fingerprint density at radius 2 is 1.72 bits per heavy atom. The maximum atomic E-state index is 13.5. The van der Waals surface area contributed by atoms with Gasteiger partial charge in [0.15, 0.2) is 17.2 Å². The standard InChI is InChI=1S/C20H16ClF3N4O/c1-19(2,29-14-7-5-13(21)6-8-14)18-27-26-17(28(18)3)15-9-4-12(11-25)10-16(15)20(22,23)24/h4-10H,1-3H3. The zero-order valence-electron chi connectivity index (χ0n) is 15.8. The molecule has 0 fully saturated rings. The largest absolute Gasteiger partial charge is 0.480 e. The number of hydrogen-bond acceptors (Lipinski definition) is 4. The molecule has 1 heterocycles. The fourth-order valence-corrected chi connectivity index (χ4v) is 3.10. The van der Waals surface area contributed by atoms with Crippen LogP contribution in [0.25, 0.3) is 11.4 Å². The van der Waals surface area contributed by atoms with Gasteiger partial charge in [-0.05, 0) is 56.3 Å². The third-order valence-corrected chi connectivity index (χ3v) is 4.55. The molecule has 5 nitrogen and oxygen atoms in total. The van der Waals surface area contributed by atoms with Crippen molar-refractivity contribution in [3.05, 3.63) is 64.4 Å². The monoisotopic (exact) mass is 420 g/mol. The van der Waals surface area contributed by atoms with Gasteiger partial charge in [0.1, 0.15) is 5.75 Å². The summed E-state index contributed by atoms with van der Waals surface area (Å²) in [5.41, 5.74) is -2.19.